The number of benzene rings is 1. The summed E-state index contributed by atoms with van der Waals surface area (Å²) in [6.45, 7) is 0.108. The molecular weight excluding hydrogens is 252 g/mol. The van der Waals surface area contributed by atoms with E-state index in [1.807, 2.05) is 24.3 Å². The van der Waals surface area contributed by atoms with Crippen molar-refractivity contribution in [1.82, 2.24) is 0 Å². The van der Waals surface area contributed by atoms with Crippen molar-refractivity contribution in [3.05, 3.63) is 29.8 Å². The highest BCUT2D eigenvalue weighted by molar-refractivity contribution is 5.38. The second kappa shape index (κ2) is 7.94. The zero-order chi connectivity index (χ0) is 14.2. The van der Waals surface area contributed by atoms with Gasteiger partial charge < -0.3 is 14.6 Å². The SMILES string of the molecule is COC1CCCC(Oc2ccc(C#CCCO)cc2)C1. The molecule has 2 atom stereocenters. The molecule has 0 aromatic heterocycles. The van der Waals surface area contributed by atoms with E-state index in [-0.39, 0.29) is 12.7 Å². The zero-order valence-electron chi connectivity index (χ0n) is 12.0. The van der Waals surface area contributed by atoms with Gasteiger partial charge in [0.05, 0.1) is 12.7 Å². The van der Waals surface area contributed by atoms with Gasteiger partial charge in [-0.3, -0.25) is 0 Å². The molecule has 108 valence electrons. The molecule has 2 rings (SSSR count). The average molecular weight is 274 g/mol. The minimum absolute atomic E-state index is 0.108. The van der Waals surface area contributed by atoms with E-state index in [9.17, 15) is 0 Å². The van der Waals surface area contributed by atoms with E-state index in [4.69, 9.17) is 14.6 Å². The third-order valence-electron chi connectivity index (χ3n) is 3.54. The summed E-state index contributed by atoms with van der Waals surface area (Å²) in [6.07, 6.45) is 5.45. The van der Waals surface area contributed by atoms with E-state index in [2.05, 4.69) is 11.8 Å². The lowest BCUT2D eigenvalue weighted by Crippen LogP contribution is -2.29. The molecule has 2 unspecified atom stereocenters. The molecule has 1 saturated carbocycles. The van der Waals surface area contributed by atoms with Gasteiger partial charge in [-0.25, -0.2) is 0 Å². The van der Waals surface area contributed by atoms with Crippen molar-refractivity contribution in [3.63, 3.8) is 0 Å². The Kier molecular flexibility index (Phi) is 5.91. The number of rotatable bonds is 4. The summed E-state index contributed by atoms with van der Waals surface area (Å²) in [5.74, 6) is 6.80. The lowest BCUT2D eigenvalue weighted by atomic mass is 9.95. The van der Waals surface area contributed by atoms with Crippen LogP contribution in [0.25, 0.3) is 0 Å². The third kappa shape index (κ3) is 4.56. The van der Waals surface area contributed by atoms with Crippen molar-refractivity contribution in [2.24, 2.45) is 0 Å². The van der Waals surface area contributed by atoms with Crippen LogP contribution in [0.5, 0.6) is 5.75 Å². The number of ether oxygens (including phenoxy) is 2. The van der Waals surface area contributed by atoms with Crippen LogP contribution in [0.15, 0.2) is 24.3 Å². The van der Waals surface area contributed by atoms with Crippen molar-refractivity contribution in [3.8, 4) is 17.6 Å². The Hall–Kier alpha value is -1.50. The van der Waals surface area contributed by atoms with Crippen LogP contribution in [0.1, 0.15) is 37.7 Å². The van der Waals surface area contributed by atoms with Crippen molar-refractivity contribution >= 4 is 0 Å². The second-order valence-electron chi connectivity index (χ2n) is 5.06. The summed E-state index contributed by atoms with van der Waals surface area (Å²) in [4.78, 5) is 0. The van der Waals surface area contributed by atoms with Crippen LogP contribution in [-0.2, 0) is 4.74 Å². The van der Waals surface area contributed by atoms with Gasteiger partial charge in [-0.05, 0) is 43.5 Å². The monoisotopic (exact) mass is 274 g/mol. The molecule has 3 nitrogen and oxygen atoms in total. The molecule has 1 aromatic rings. The second-order valence-corrected chi connectivity index (χ2v) is 5.06. The van der Waals surface area contributed by atoms with Gasteiger partial charge in [0.25, 0.3) is 0 Å². The maximum absolute atomic E-state index is 8.68. The molecule has 0 aliphatic heterocycles. The molecule has 1 N–H and O–H groups in total. The first-order valence-electron chi connectivity index (χ1n) is 7.21. The van der Waals surface area contributed by atoms with Gasteiger partial charge in [-0.15, -0.1) is 0 Å². The topological polar surface area (TPSA) is 38.7 Å². The van der Waals surface area contributed by atoms with Gasteiger partial charge in [-0.1, -0.05) is 11.8 Å². The van der Waals surface area contributed by atoms with Crippen LogP contribution in [0.4, 0.5) is 0 Å². The summed E-state index contributed by atoms with van der Waals surface area (Å²) < 4.78 is 11.4. The van der Waals surface area contributed by atoms with Crippen LogP contribution in [0.3, 0.4) is 0 Å². The summed E-state index contributed by atoms with van der Waals surface area (Å²) in [5.41, 5.74) is 0.948. The molecule has 1 aromatic carbocycles. The highest BCUT2D eigenvalue weighted by Crippen LogP contribution is 2.25. The van der Waals surface area contributed by atoms with Gasteiger partial charge in [0.1, 0.15) is 11.9 Å². The molecule has 0 bridgehead atoms. The molecule has 1 fully saturated rings. The quantitative estimate of drug-likeness (QED) is 0.858. The molecule has 3 heteroatoms. The van der Waals surface area contributed by atoms with E-state index >= 15 is 0 Å². The lowest BCUT2D eigenvalue weighted by molar-refractivity contribution is 0.0210. The lowest BCUT2D eigenvalue weighted by Gasteiger charge is -2.28. The molecule has 0 saturated heterocycles. The molecule has 20 heavy (non-hydrogen) atoms. The standard InChI is InChI=1S/C17H22O3/c1-19-16-6-4-7-17(13-16)20-15-10-8-14(9-11-15)5-2-3-12-18/h8-11,16-18H,3-4,6-7,12-13H2,1H3. The molecule has 0 heterocycles. The number of methoxy groups -OCH3 is 1. The molecule has 1 aliphatic rings. The van der Waals surface area contributed by atoms with Gasteiger partial charge in [0, 0.05) is 25.5 Å². The first kappa shape index (κ1) is 14.9. The Labute approximate surface area is 120 Å². The first-order chi connectivity index (χ1) is 9.81. The number of hydrogen-bond acceptors (Lipinski definition) is 3. The maximum Gasteiger partial charge on any atom is 0.119 e. The fraction of sp³-hybridized carbons (Fsp3) is 0.529. The van der Waals surface area contributed by atoms with E-state index in [1.165, 1.54) is 0 Å². The van der Waals surface area contributed by atoms with Crippen molar-refractivity contribution < 1.29 is 14.6 Å². The van der Waals surface area contributed by atoms with Crippen molar-refractivity contribution in [1.29, 1.82) is 0 Å². The normalized spacial score (nSPS) is 21.9. The Bertz CT molecular complexity index is 455. The number of aliphatic hydroxyl groups is 1. The average Bonchev–Trinajstić information content (AvgIpc) is 2.49. The first-order valence-corrected chi connectivity index (χ1v) is 7.21. The summed E-state index contributed by atoms with van der Waals surface area (Å²) >= 11 is 0. The highest BCUT2D eigenvalue weighted by atomic mass is 16.5. The highest BCUT2D eigenvalue weighted by Gasteiger charge is 2.22. The van der Waals surface area contributed by atoms with Gasteiger partial charge >= 0.3 is 0 Å². The van der Waals surface area contributed by atoms with Gasteiger partial charge in [0.2, 0.25) is 0 Å². The Morgan fingerprint density at radius 2 is 1.95 bits per heavy atom. The minimum atomic E-state index is 0.108. The van der Waals surface area contributed by atoms with Crippen LogP contribution in [0.2, 0.25) is 0 Å². The summed E-state index contributed by atoms with van der Waals surface area (Å²) in [6, 6.07) is 7.82. The van der Waals surface area contributed by atoms with Crippen molar-refractivity contribution in [2.45, 2.75) is 44.3 Å². The van der Waals surface area contributed by atoms with E-state index < -0.39 is 0 Å². The fourth-order valence-corrected chi connectivity index (χ4v) is 2.45. The molecule has 0 radical (unpaired) electrons. The molecule has 0 spiro atoms. The van der Waals surface area contributed by atoms with Crippen LogP contribution in [0, 0.1) is 11.8 Å². The number of hydrogen-bond donors (Lipinski definition) is 1. The number of aliphatic hydroxyl groups excluding tert-OH is 1. The fourth-order valence-electron chi connectivity index (χ4n) is 2.45. The molecule has 1 aliphatic carbocycles. The predicted molar refractivity (Wildman–Crippen MR) is 78.7 cm³/mol. The van der Waals surface area contributed by atoms with Crippen LogP contribution < -0.4 is 4.74 Å². The Morgan fingerprint density at radius 1 is 1.20 bits per heavy atom. The summed E-state index contributed by atoms with van der Waals surface area (Å²) in [7, 11) is 1.77. The maximum atomic E-state index is 8.68. The minimum Gasteiger partial charge on any atom is -0.490 e. The zero-order valence-corrected chi connectivity index (χ0v) is 12.0. The van der Waals surface area contributed by atoms with Gasteiger partial charge in [-0.2, -0.15) is 0 Å². The van der Waals surface area contributed by atoms with Crippen molar-refractivity contribution in [2.75, 3.05) is 13.7 Å². The predicted octanol–water partition coefficient (Wildman–Crippen LogP) is 2.76. The third-order valence-corrected chi connectivity index (χ3v) is 3.54. The van der Waals surface area contributed by atoms with E-state index in [1.54, 1.807) is 7.11 Å². The smallest absolute Gasteiger partial charge is 0.119 e. The van der Waals surface area contributed by atoms with Crippen LogP contribution >= 0.6 is 0 Å². The van der Waals surface area contributed by atoms with Crippen LogP contribution in [-0.4, -0.2) is 31.0 Å². The van der Waals surface area contributed by atoms with Gasteiger partial charge in [0.15, 0.2) is 0 Å². The summed E-state index contributed by atoms with van der Waals surface area (Å²) in [5, 5.41) is 8.68. The molecular formula is C17H22O3. The Balaban J connectivity index is 1.89. The Morgan fingerprint density at radius 3 is 2.65 bits per heavy atom. The van der Waals surface area contributed by atoms with E-state index in [0.29, 0.717) is 12.5 Å². The largest absolute Gasteiger partial charge is 0.490 e. The molecule has 0 amide bonds. The van der Waals surface area contributed by atoms with E-state index in [0.717, 1.165) is 37.0 Å².